The van der Waals surface area contributed by atoms with Crippen LogP contribution < -0.4 is 5.32 Å². The third-order valence-electron chi connectivity index (χ3n) is 6.35. The first-order chi connectivity index (χ1) is 15.2. The molecule has 2 aromatic rings. The van der Waals surface area contributed by atoms with Crippen LogP contribution >= 0.6 is 11.3 Å². The van der Waals surface area contributed by atoms with Gasteiger partial charge in [0.05, 0.1) is 10.1 Å². The van der Waals surface area contributed by atoms with E-state index in [1.807, 2.05) is 0 Å². The molecule has 0 spiro atoms. The number of halogens is 2. The van der Waals surface area contributed by atoms with Gasteiger partial charge >= 0.3 is 0 Å². The average molecular weight is 479 g/mol. The van der Waals surface area contributed by atoms with Gasteiger partial charge in [-0.15, -0.1) is 11.3 Å². The Hall–Kier alpha value is -2.13. The zero-order valence-corrected chi connectivity index (χ0v) is 19.0. The van der Waals surface area contributed by atoms with Crippen LogP contribution in [0.15, 0.2) is 40.7 Å². The molecule has 1 aromatic carbocycles. The summed E-state index contributed by atoms with van der Waals surface area (Å²) in [6, 6.07) is 5.03. The number of aromatic nitrogens is 1. The first kappa shape index (κ1) is 21.7. The van der Waals surface area contributed by atoms with Gasteiger partial charge < -0.3 is 0 Å². The van der Waals surface area contributed by atoms with E-state index in [-0.39, 0.29) is 24.0 Å². The second-order valence-corrected chi connectivity index (χ2v) is 12.1. The van der Waals surface area contributed by atoms with Gasteiger partial charge in [0.15, 0.2) is 15.0 Å². The minimum absolute atomic E-state index is 0.164. The molecule has 1 N–H and O–H groups in total. The van der Waals surface area contributed by atoms with Gasteiger partial charge in [-0.25, -0.2) is 22.2 Å². The second kappa shape index (κ2) is 8.02. The monoisotopic (exact) mass is 478 g/mol. The van der Waals surface area contributed by atoms with E-state index in [1.165, 1.54) is 11.3 Å². The van der Waals surface area contributed by atoms with Crippen molar-refractivity contribution in [1.29, 1.82) is 0 Å². The van der Waals surface area contributed by atoms with E-state index in [4.69, 9.17) is 0 Å². The molecule has 9 heteroatoms. The molecule has 0 radical (unpaired) electrons. The maximum Gasteiger partial charge on any atom is 0.257 e. The van der Waals surface area contributed by atoms with E-state index >= 15 is 0 Å². The van der Waals surface area contributed by atoms with Gasteiger partial charge in [0.2, 0.25) is 5.92 Å². The van der Waals surface area contributed by atoms with Crippen LogP contribution in [0.25, 0.3) is 5.57 Å². The second-order valence-electron chi connectivity index (χ2n) is 9.00. The molecule has 1 amide bonds. The summed E-state index contributed by atoms with van der Waals surface area (Å²) in [5.41, 5.74) is 1.60. The number of nitrogens with one attached hydrogen (secondary N) is 1. The summed E-state index contributed by atoms with van der Waals surface area (Å²) in [7, 11) is -3.37. The molecule has 3 fully saturated rings. The van der Waals surface area contributed by atoms with Crippen molar-refractivity contribution in [3.05, 3.63) is 47.0 Å². The van der Waals surface area contributed by atoms with Gasteiger partial charge in [0.1, 0.15) is 0 Å². The molecule has 3 aliphatic carbocycles. The number of amides is 1. The maximum atomic E-state index is 13.8. The van der Waals surface area contributed by atoms with Gasteiger partial charge in [0, 0.05) is 30.0 Å². The van der Waals surface area contributed by atoms with Crippen molar-refractivity contribution in [1.82, 2.24) is 4.98 Å². The average Bonchev–Trinajstić information content (AvgIpc) is 3.67. The van der Waals surface area contributed by atoms with E-state index in [1.54, 1.807) is 35.9 Å². The summed E-state index contributed by atoms with van der Waals surface area (Å²) in [6.07, 6.45) is 6.23. The molecular formula is C23H24F2N2O3S2. The molecular weight excluding hydrogens is 454 g/mol. The number of hydrogen-bond donors (Lipinski definition) is 1. The number of hydrogen-bond acceptors (Lipinski definition) is 5. The van der Waals surface area contributed by atoms with Crippen molar-refractivity contribution >= 4 is 37.8 Å². The van der Waals surface area contributed by atoms with Crippen molar-refractivity contribution in [2.45, 2.75) is 66.9 Å². The van der Waals surface area contributed by atoms with Crippen molar-refractivity contribution in [2.24, 2.45) is 5.92 Å². The Balaban J connectivity index is 1.53. The number of sulfone groups is 1. The van der Waals surface area contributed by atoms with Crippen molar-refractivity contribution in [3.63, 3.8) is 0 Å². The van der Waals surface area contributed by atoms with Gasteiger partial charge in [-0.1, -0.05) is 12.1 Å². The minimum Gasteiger partial charge on any atom is -0.298 e. The third-order valence-corrected chi connectivity index (χ3v) is 9.37. The quantitative estimate of drug-likeness (QED) is 0.540. The Kier molecular flexibility index (Phi) is 5.44. The van der Waals surface area contributed by atoms with Crippen molar-refractivity contribution in [2.75, 3.05) is 5.32 Å². The molecule has 1 atom stereocenters. The number of carbonyl (C=O) groups excluding carboxylic acids is 1. The van der Waals surface area contributed by atoms with Crippen LogP contribution in [0.2, 0.25) is 0 Å². The first-order valence-electron chi connectivity index (χ1n) is 10.9. The number of anilines is 1. The lowest BCUT2D eigenvalue weighted by molar-refractivity contribution is -0.111. The number of benzene rings is 1. The van der Waals surface area contributed by atoms with Crippen LogP contribution in [0, 0.1) is 5.92 Å². The number of allylic oxidation sites excluding steroid dienone is 1. The summed E-state index contributed by atoms with van der Waals surface area (Å²) in [6.45, 7) is 0. The molecule has 0 unspecified atom stereocenters. The lowest BCUT2D eigenvalue weighted by atomic mass is 9.95. The molecule has 1 heterocycles. The predicted molar refractivity (Wildman–Crippen MR) is 120 cm³/mol. The van der Waals surface area contributed by atoms with Gasteiger partial charge in [-0.05, 0) is 67.2 Å². The number of nitrogens with zero attached hydrogens (tertiary/aromatic N) is 1. The zero-order valence-electron chi connectivity index (χ0n) is 17.4. The van der Waals surface area contributed by atoms with Gasteiger partial charge in [0.25, 0.3) is 5.91 Å². The first-order valence-corrected chi connectivity index (χ1v) is 13.3. The molecule has 32 heavy (non-hydrogen) atoms. The zero-order chi connectivity index (χ0) is 22.5. The number of carbonyl (C=O) groups is 1. The topological polar surface area (TPSA) is 76.1 Å². The number of alkyl halides is 2. The Bertz CT molecular complexity index is 1170. The van der Waals surface area contributed by atoms with Crippen LogP contribution in [0.3, 0.4) is 0 Å². The molecule has 170 valence electrons. The highest BCUT2D eigenvalue weighted by molar-refractivity contribution is 7.92. The Morgan fingerprint density at radius 3 is 2.56 bits per heavy atom. The smallest absolute Gasteiger partial charge is 0.257 e. The van der Waals surface area contributed by atoms with Crippen molar-refractivity contribution in [3.8, 4) is 0 Å². The molecule has 1 aromatic heterocycles. The molecule has 0 aliphatic heterocycles. The largest absolute Gasteiger partial charge is 0.298 e. The lowest BCUT2D eigenvalue weighted by Crippen LogP contribution is -2.16. The highest BCUT2D eigenvalue weighted by Gasteiger charge is 2.41. The standard InChI is InChI=1S/C23H24F2N2O3S2/c24-23(25)8-7-14(13-23)11-19(21(28)27-22-26-9-10-31-22)16-3-6-20(18(12-16)15-1-2-15)32(29,30)17-4-5-17/h3,6,9-12,14-15,17H,1-2,4-5,7-8,13H2,(H,26,27,28)/b19-11+/t14-/m1/s1. The fraction of sp³-hybridized carbons (Fsp3) is 0.478. The Morgan fingerprint density at radius 1 is 1.19 bits per heavy atom. The summed E-state index contributed by atoms with van der Waals surface area (Å²) >= 11 is 1.27. The van der Waals surface area contributed by atoms with Gasteiger partial charge in [-0.3, -0.25) is 10.1 Å². The van der Waals surface area contributed by atoms with Crippen LogP contribution in [0.5, 0.6) is 0 Å². The summed E-state index contributed by atoms with van der Waals surface area (Å²) in [5, 5.41) is 4.60. The highest BCUT2D eigenvalue weighted by Crippen LogP contribution is 2.47. The van der Waals surface area contributed by atoms with Crippen molar-refractivity contribution < 1.29 is 22.0 Å². The SMILES string of the molecule is O=C(Nc1nccs1)/C(=C/[C@H]1CCC(F)(F)C1)c1ccc(S(=O)(=O)C2CC2)c(C2CC2)c1. The summed E-state index contributed by atoms with van der Waals surface area (Å²) in [4.78, 5) is 17.6. The molecule has 3 aliphatic rings. The van der Waals surface area contributed by atoms with Crippen LogP contribution in [0.1, 0.15) is 62.0 Å². The summed E-state index contributed by atoms with van der Waals surface area (Å²) in [5.74, 6) is -3.40. The molecule has 0 bridgehead atoms. The normalized spacial score (nSPS) is 23.3. The fourth-order valence-electron chi connectivity index (χ4n) is 4.36. The van der Waals surface area contributed by atoms with Crippen LogP contribution in [0.4, 0.5) is 13.9 Å². The van der Waals surface area contributed by atoms with E-state index in [0.717, 1.165) is 18.4 Å². The van der Waals surface area contributed by atoms with E-state index < -0.39 is 27.6 Å². The Morgan fingerprint density at radius 2 is 1.97 bits per heavy atom. The van der Waals surface area contributed by atoms with Crippen LogP contribution in [-0.4, -0.2) is 30.5 Å². The van der Waals surface area contributed by atoms with Gasteiger partial charge in [-0.2, -0.15) is 0 Å². The minimum atomic E-state index is -3.37. The molecule has 0 saturated heterocycles. The number of rotatable bonds is 7. The summed E-state index contributed by atoms with van der Waals surface area (Å²) < 4.78 is 53.5. The van der Waals surface area contributed by atoms with E-state index in [9.17, 15) is 22.0 Å². The molecule has 5 nitrogen and oxygen atoms in total. The maximum absolute atomic E-state index is 13.8. The highest BCUT2D eigenvalue weighted by atomic mass is 32.2. The Labute approximate surface area is 189 Å². The lowest BCUT2D eigenvalue weighted by Gasteiger charge is -2.15. The predicted octanol–water partition coefficient (Wildman–Crippen LogP) is 5.41. The fourth-order valence-corrected chi connectivity index (χ4v) is 6.81. The number of thiazole rings is 1. The van der Waals surface area contributed by atoms with E-state index in [2.05, 4.69) is 10.3 Å². The van der Waals surface area contributed by atoms with E-state index in [0.29, 0.717) is 40.4 Å². The third kappa shape index (κ3) is 4.50. The molecule has 3 saturated carbocycles. The van der Waals surface area contributed by atoms with Crippen LogP contribution in [-0.2, 0) is 14.6 Å². The molecule has 5 rings (SSSR count).